The summed E-state index contributed by atoms with van der Waals surface area (Å²) in [6, 6.07) is 0. The summed E-state index contributed by atoms with van der Waals surface area (Å²) in [5.41, 5.74) is 0. The normalized spacial score (nSPS) is 16.2. The van der Waals surface area contributed by atoms with Gasteiger partial charge in [-0.2, -0.15) is 0 Å². The van der Waals surface area contributed by atoms with Gasteiger partial charge in [0.25, 0.3) is 0 Å². The van der Waals surface area contributed by atoms with E-state index in [0.29, 0.717) is 0 Å². The Kier molecular flexibility index (Phi) is 8.39. The highest BCUT2D eigenvalue weighted by molar-refractivity contribution is 5.92. The topological polar surface area (TPSA) is 57.5 Å². The first kappa shape index (κ1) is 14.8. The third kappa shape index (κ3) is 6.32. The number of allylic oxidation sites excluding steroid dienone is 6. The van der Waals surface area contributed by atoms with Gasteiger partial charge in [0, 0.05) is 12.5 Å². The zero-order chi connectivity index (χ0) is 12.4. The fourth-order valence-corrected chi connectivity index (χ4v) is 1.11. The van der Waals surface area contributed by atoms with Gasteiger partial charge in [0.15, 0.2) is 5.78 Å². The van der Waals surface area contributed by atoms with Gasteiger partial charge in [0.05, 0.1) is 6.10 Å². The maximum absolute atomic E-state index is 11.5. The Morgan fingerprint density at radius 1 is 1.25 bits per heavy atom. The van der Waals surface area contributed by atoms with Gasteiger partial charge >= 0.3 is 0 Å². The fraction of sp³-hybridized carbons (Fsp3) is 0.462. The van der Waals surface area contributed by atoms with Gasteiger partial charge in [-0.1, -0.05) is 37.3 Å². The van der Waals surface area contributed by atoms with Crippen molar-refractivity contribution in [3.63, 3.8) is 0 Å². The Bertz CT molecular complexity index is 277. The second-order valence-corrected chi connectivity index (χ2v) is 3.54. The van der Waals surface area contributed by atoms with Crippen LogP contribution in [-0.4, -0.2) is 28.7 Å². The SMILES string of the molecule is CC=CC=CC=CC(=O)C(C)C(O)CCO. The highest BCUT2D eigenvalue weighted by Gasteiger charge is 2.18. The third-order valence-corrected chi connectivity index (χ3v) is 2.24. The molecule has 0 aromatic heterocycles. The number of hydrogen-bond donors (Lipinski definition) is 2. The van der Waals surface area contributed by atoms with E-state index in [-0.39, 0.29) is 18.8 Å². The van der Waals surface area contributed by atoms with Crippen LogP contribution in [0.2, 0.25) is 0 Å². The van der Waals surface area contributed by atoms with Gasteiger partial charge in [-0.3, -0.25) is 4.79 Å². The summed E-state index contributed by atoms with van der Waals surface area (Å²) >= 11 is 0. The molecule has 2 unspecified atom stereocenters. The van der Waals surface area contributed by atoms with Crippen molar-refractivity contribution in [2.24, 2.45) is 5.92 Å². The molecule has 0 saturated carbocycles. The minimum atomic E-state index is -0.776. The second kappa shape index (κ2) is 9.07. The lowest BCUT2D eigenvalue weighted by atomic mass is 9.97. The molecule has 0 bridgehead atoms. The van der Waals surface area contributed by atoms with Crippen LogP contribution in [0.15, 0.2) is 36.5 Å². The predicted octanol–water partition coefficient (Wildman–Crippen LogP) is 1.62. The molecule has 3 nitrogen and oxygen atoms in total. The lowest BCUT2D eigenvalue weighted by molar-refractivity contribution is -0.121. The van der Waals surface area contributed by atoms with Gasteiger partial charge in [0.1, 0.15) is 0 Å². The maximum Gasteiger partial charge on any atom is 0.161 e. The van der Waals surface area contributed by atoms with Gasteiger partial charge in [0.2, 0.25) is 0 Å². The van der Waals surface area contributed by atoms with Crippen molar-refractivity contribution in [1.82, 2.24) is 0 Å². The van der Waals surface area contributed by atoms with Crippen LogP contribution in [0.25, 0.3) is 0 Å². The van der Waals surface area contributed by atoms with Gasteiger partial charge < -0.3 is 10.2 Å². The molecule has 0 rings (SSSR count). The van der Waals surface area contributed by atoms with E-state index < -0.39 is 12.0 Å². The van der Waals surface area contributed by atoms with Crippen LogP contribution >= 0.6 is 0 Å². The standard InChI is InChI=1S/C13H20O3/c1-3-4-5-6-7-8-12(15)11(2)13(16)9-10-14/h3-8,11,13-14,16H,9-10H2,1-2H3. The summed E-state index contributed by atoms with van der Waals surface area (Å²) < 4.78 is 0. The lowest BCUT2D eigenvalue weighted by Crippen LogP contribution is -2.25. The van der Waals surface area contributed by atoms with Crippen molar-refractivity contribution in [1.29, 1.82) is 0 Å². The van der Waals surface area contributed by atoms with Crippen molar-refractivity contribution in [3.8, 4) is 0 Å². The van der Waals surface area contributed by atoms with Gasteiger partial charge in [-0.15, -0.1) is 0 Å². The fourth-order valence-electron chi connectivity index (χ4n) is 1.11. The maximum atomic E-state index is 11.5. The molecule has 2 atom stereocenters. The van der Waals surface area contributed by atoms with E-state index in [0.717, 1.165) is 0 Å². The smallest absolute Gasteiger partial charge is 0.161 e. The van der Waals surface area contributed by atoms with E-state index in [2.05, 4.69) is 0 Å². The second-order valence-electron chi connectivity index (χ2n) is 3.54. The van der Waals surface area contributed by atoms with Crippen LogP contribution in [0.5, 0.6) is 0 Å². The molecule has 0 aliphatic rings. The van der Waals surface area contributed by atoms with Crippen LogP contribution in [0.4, 0.5) is 0 Å². The van der Waals surface area contributed by atoms with E-state index in [1.807, 2.05) is 25.2 Å². The zero-order valence-electron chi connectivity index (χ0n) is 9.84. The summed E-state index contributed by atoms with van der Waals surface area (Å²) in [5.74, 6) is -0.607. The highest BCUT2D eigenvalue weighted by Crippen LogP contribution is 2.08. The molecule has 90 valence electrons. The Labute approximate surface area is 96.8 Å². The molecule has 3 heteroatoms. The van der Waals surface area contributed by atoms with Gasteiger partial charge in [-0.05, 0) is 19.4 Å². The Balaban J connectivity index is 4.14. The molecule has 0 aromatic rings. The van der Waals surface area contributed by atoms with Crippen molar-refractivity contribution in [2.45, 2.75) is 26.4 Å². The van der Waals surface area contributed by atoms with Crippen molar-refractivity contribution in [2.75, 3.05) is 6.61 Å². The first-order valence-corrected chi connectivity index (χ1v) is 5.42. The first-order valence-electron chi connectivity index (χ1n) is 5.42. The lowest BCUT2D eigenvalue weighted by Gasteiger charge is -2.14. The highest BCUT2D eigenvalue weighted by atomic mass is 16.3. The molecule has 0 saturated heterocycles. The summed E-state index contributed by atoms with van der Waals surface area (Å²) in [7, 11) is 0. The number of ketones is 1. The molecule has 0 aromatic carbocycles. The number of rotatable bonds is 7. The molecular weight excluding hydrogens is 204 g/mol. The Morgan fingerprint density at radius 3 is 2.44 bits per heavy atom. The largest absolute Gasteiger partial charge is 0.396 e. The summed E-state index contributed by atoms with van der Waals surface area (Å²) in [4.78, 5) is 11.5. The van der Waals surface area contributed by atoms with E-state index in [1.165, 1.54) is 6.08 Å². The minimum absolute atomic E-state index is 0.107. The average Bonchev–Trinajstić information content (AvgIpc) is 2.27. The first-order chi connectivity index (χ1) is 7.63. The van der Waals surface area contributed by atoms with E-state index in [9.17, 15) is 9.90 Å². The van der Waals surface area contributed by atoms with E-state index >= 15 is 0 Å². The number of carbonyl (C=O) groups excluding carboxylic acids is 1. The third-order valence-electron chi connectivity index (χ3n) is 2.24. The van der Waals surface area contributed by atoms with Crippen molar-refractivity contribution >= 4 is 5.78 Å². The van der Waals surface area contributed by atoms with Crippen LogP contribution in [-0.2, 0) is 4.79 Å². The molecule has 0 spiro atoms. The Morgan fingerprint density at radius 2 is 1.88 bits per heavy atom. The molecule has 2 N–H and O–H groups in total. The van der Waals surface area contributed by atoms with Crippen LogP contribution in [0, 0.1) is 5.92 Å². The van der Waals surface area contributed by atoms with Crippen LogP contribution in [0.1, 0.15) is 20.3 Å². The minimum Gasteiger partial charge on any atom is -0.396 e. The molecule has 0 heterocycles. The number of hydrogen-bond acceptors (Lipinski definition) is 3. The molecular formula is C13H20O3. The number of carbonyl (C=O) groups is 1. The molecule has 0 aliphatic carbocycles. The quantitative estimate of drug-likeness (QED) is 0.510. The van der Waals surface area contributed by atoms with Crippen LogP contribution < -0.4 is 0 Å². The van der Waals surface area contributed by atoms with Crippen LogP contribution in [0.3, 0.4) is 0 Å². The zero-order valence-corrected chi connectivity index (χ0v) is 9.84. The summed E-state index contributed by atoms with van der Waals surface area (Å²) in [6.45, 7) is 3.46. The van der Waals surface area contributed by atoms with Crippen molar-refractivity contribution < 1.29 is 15.0 Å². The summed E-state index contributed by atoms with van der Waals surface area (Å²) in [6.07, 6.45) is 9.85. The molecule has 0 fully saturated rings. The average molecular weight is 224 g/mol. The van der Waals surface area contributed by atoms with E-state index in [4.69, 9.17) is 5.11 Å². The Hall–Kier alpha value is -1.19. The van der Waals surface area contributed by atoms with Gasteiger partial charge in [-0.25, -0.2) is 0 Å². The number of aliphatic hydroxyl groups is 2. The molecule has 0 radical (unpaired) electrons. The van der Waals surface area contributed by atoms with Crippen molar-refractivity contribution in [3.05, 3.63) is 36.5 Å². The molecule has 16 heavy (non-hydrogen) atoms. The summed E-state index contributed by atoms with van der Waals surface area (Å²) in [5, 5.41) is 18.1. The van der Waals surface area contributed by atoms with E-state index in [1.54, 1.807) is 19.1 Å². The number of aliphatic hydroxyl groups excluding tert-OH is 2. The molecule has 0 amide bonds. The molecule has 0 aliphatic heterocycles. The predicted molar refractivity (Wildman–Crippen MR) is 65.0 cm³/mol. The monoisotopic (exact) mass is 224 g/mol.